The molecule has 216 valence electrons. The zero-order chi connectivity index (χ0) is 30.4. The minimum atomic E-state index is -4.76. The lowest BCUT2D eigenvalue weighted by atomic mass is 10.1. The Kier molecular flexibility index (Phi) is 7.88. The molecule has 2 aromatic carbocycles. The van der Waals surface area contributed by atoms with Crippen LogP contribution in [0.25, 0.3) is 11.3 Å². The Morgan fingerprint density at radius 2 is 1.49 bits per heavy atom. The summed E-state index contributed by atoms with van der Waals surface area (Å²) in [6.45, 7) is 3.96. The molecule has 8 nitrogen and oxygen atoms in total. The first-order chi connectivity index (χ1) is 18.9. The van der Waals surface area contributed by atoms with Crippen molar-refractivity contribution >= 4 is 47.9 Å². The van der Waals surface area contributed by atoms with Gasteiger partial charge in [-0.15, -0.1) is 11.3 Å². The first-order valence-electron chi connectivity index (χ1n) is 11.9. The van der Waals surface area contributed by atoms with Gasteiger partial charge in [0.1, 0.15) is 5.82 Å². The van der Waals surface area contributed by atoms with E-state index in [0.29, 0.717) is 22.2 Å². The number of rotatable bonds is 7. The van der Waals surface area contributed by atoms with Gasteiger partial charge in [0.2, 0.25) is 0 Å². The van der Waals surface area contributed by atoms with Gasteiger partial charge in [-0.05, 0) is 57.2 Å². The van der Waals surface area contributed by atoms with Gasteiger partial charge in [-0.1, -0.05) is 30.3 Å². The number of sulfone groups is 2. The number of benzene rings is 2. The molecule has 1 amide bonds. The lowest BCUT2D eigenvalue weighted by molar-refractivity contribution is -0.137. The highest BCUT2D eigenvalue weighted by molar-refractivity contribution is 7.93. The third-order valence-electron chi connectivity index (χ3n) is 6.28. The van der Waals surface area contributed by atoms with Crippen molar-refractivity contribution in [1.29, 1.82) is 0 Å². The topological polar surface area (TPSA) is 114 Å². The van der Waals surface area contributed by atoms with Crippen LogP contribution < -0.4 is 4.90 Å². The van der Waals surface area contributed by atoms with Crippen LogP contribution in [-0.4, -0.2) is 43.7 Å². The van der Waals surface area contributed by atoms with Crippen LogP contribution in [0.2, 0.25) is 0 Å². The number of aromatic nitrogens is 2. The van der Waals surface area contributed by atoms with Crippen molar-refractivity contribution in [2.75, 3.05) is 11.2 Å². The van der Waals surface area contributed by atoms with Crippen LogP contribution in [0.5, 0.6) is 0 Å². The Bertz CT molecular complexity index is 1820. The van der Waals surface area contributed by atoms with Gasteiger partial charge in [0.25, 0.3) is 5.91 Å². The molecular formula is C27H24F3N3O5S3. The Hall–Kier alpha value is -3.62. The largest absolute Gasteiger partial charge is 0.416 e. The van der Waals surface area contributed by atoms with E-state index in [9.17, 15) is 34.8 Å². The van der Waals surface area contributed by atoms with Gasteiger partial charge in [-0.2, -0.15) is 13.2 Å². The van der Waals surface area contributed by atoms with Crippen molar-refractivity contribution in [2.24, 2.45) is 0 Å². The number of hydrogen-bond donors (Lipinski definition) is 0. The number of halogens is 3. The third-order valence-corrected chi connectivity index (χ3v) is 10.8. The SMILES string of the molecule is Cc1sc(N(C(=O)C(C)(C)S(=O)(=O)c2ccc(S(C)(=O)=O)cc2)c2cc(C(F)(F)F)ccn2)nc1-c1ccccc1. The Labute approximate surface area is 239 Å². The number of pyridine rings is 1. The minimum Gasteiger partial charge on any atom is -0.272 e. The summed E-state index contributed by atoms with van der Waals surface area (Å²) >= 11 is 0.992. The molecule has 0 aliphatic carbocycles. The highest BCUT2D eigenvalue weighted by Crippen LogP contribution is 2.40. The number of amides is 1. The standard InChI is InChI=1S/C27H24F3N3O5S3/c1-17-23(18-8-6-5-7-9-18)32-25(39-17)33(22-16-19(14-15-31-22)27(28,29)30)24(34)26(2,3)41(37,38)21-12-10-20(11-13-21)40(4,35)36/h5-16H,1-4H3. The quantitative estimate of drug-likeness (QED) is 0.254. The summed E-state index contributed by atoms with van der Waals surface area (Å²) in [5.41, 5.74) is 0.0658. The molecule has 4 rings (SSSR count). The number of nitrogens with zero attached hydrogens (tertiary/aromatic N) is 3. The predicted octanol–water partition coefficient (Wildman–Crippen LogP) is 5.85. The monoisotopic (exact) mass is 623 g/mol. The molecule has 0 saturated carbocycles. The van der Waals surface area contributed by atoms with Gasteiger partial charge >= 0.3 is 6.18 Å². The molecule has 41 heavy (non-hydrogen) atoms. The van der Waals surface area contributed by atoms with Crippen LogP contribution in [0.3, 0.4) is 0 Å². The highest BCUT2D eigenvalue weighted by Gasteiger charge is 2.47. The predicted molar refractivity (Wildman–Crippen MR) is 149 cm³/mol. The number of aryl methyl sites for hydroxylation is 1. The van der Waals surface area contributed by atoms with E-state index in [4.69, 9.17) is 0 Å². The molecule has 0 fully saturated rings. The summed E-state index contributed by atoms with van der Waals surface area (Å²) in [4.78, 5) is 23.6. The van der Waals surface area contributed by atoms with Crippen LogP contribution in [-0.2, 0) is 30.6 Å². The molecule has 2 aromatic heterocycles. The second-order valence-electron chi connectivity index (χ2n) is 9.57. The van der Waals surface area contributed by atoms with Gasteiger partial charge in [-0.25, -0.2) is 31.7 Å². The van der Waals surface area contributed by atoms with E-state index in [1.54, 1.807) is 37.3 Å². The minimum absolute atomic E-state index is 0.0751. The number of hydrogen-bond acceptors (Lipinski definition) is 8. The molecule has 0 unspecified atom stereocenters. The van der Waals surface area contributed by atoms with E-state index in [1.165, 1.54) is 0 Å². The zero-order valence-electron chi connectivity index (χ0n) is 22.2. The molecule has 0 bridgehead atoms. The summed E-state index contributed by atoms with van der Waals surface area (Å²) in [5.74, 6) is -1.57. The Morgan fingerprint density at radius 3 is 2.05 bits per heavy atom. The maximum Gasteiger partial charge on any atom is 0.416 e. The van der Waals surface area contributed by atoms with Crippen LogP contribution in [0.1, 0.15) is 24.3 Å². The van der Waals surface area contributed by atoms with Crippen molar-refractivity contribution in [1.82, 2.24) is 9.97 Å². The van der Waals surface area contributed by atoms with E-state index < -0.39 is 47.9 Å². The van der Waals surface area contributed by atoms with E-state index in [-0.39, 0.29) is 14.9 Å². The summed E-state index contributed by atoms with van der Waals surface area (Å²) in [6, 6.07) is 14.6. The van der Waals surface area contributed by atoms with Crippen LogP contribution in [0.4, 0.5) is 24.1 Å². The van der Waals surface area contributed by atoms with E-state index in [0.717, 1.165) is 72.9 Å². The normalized spacial score (nSPS) is 12.8. The van der Waals surface area contributed by atoms with Crippen LogP contribution in [0, 0.1) is 6.92 Å². The molecular weight excluding hydrogens is 600 g/mol. The lowest BCUT2D eigenvalue weighted by Gasteiger charge is -2.30. The number of anilines is 2. The number of alkyl halides is 3. The maximum absolute atomic E-state index is 14.1. The Balaban J connectivity index is 1.87. The molecule has 2 heterocycles. The van der Waals surface area contributed by atoms with Gasteiger partial charge in [0, 0.05) is 22.9 Å². The second kappa shape index (κ2) is 10.7. The van der Waals surface area contributed by atoms with Gasteiger partial charge in [0.15, 0.2) is 29.6 Å². The molecule has 0 atom stereocenters. The summed E-state index contributed by atoms with van der Waals surface area (Å²) in [7, 11) is -8.13. The summed E-state index contributed by atoms with van der Waals surface area (Å²) < 4.78 is 89.7. The average Bonchev–Trinajstić information content (AvgIpc) is 3.29. The number of thiazole rings is 1. The zero-order valence-corrected chi connectivity index (χ0v) is 24.6. The average molecular weight is 624 g/mol. The fourth-order valence-corrected chi connectivity index (χ4v) is 6.87. The molecule has 0 saturated heterocycles. The summed E-state index contributed by atoms with van der Waals surface area (Å²) in [5, 5.41) is -0.0751. The first kappa shape index (κ1) is 30.3. The molecule has 4 aromatic rings. The number of carbonyl (C=O) groups is 1. The molecule has 0 aliphatic rings. The lowest BCUT2D eigenvalue weighted by Crippen LogP contribution is -2.48. The van der Waals surface area contributed by atoms with Crippen molar-refractivity contribution in [3.05, 3.63) is 83.4 Å². The third kappa shape index (κ3) is 5.90. The van der Waals surface area contributed by atoms with E-state index >= 15 is 0 Å². The molecule has 0 aliphatic heterocycles. The molecule has 14 heteroatoms. The van der Waals surface area contributed by atoms with Gasteiger partial charge in [-0.3, -0.25) is 4.79 Å². The summed E-state index contributed by atoms with van der Waals surface area (Å²) in [6.07, 6.45) is -2.92. The van der Waals surface area contributed by atoms with E-state index in [2.05, 4.69) is 9.97 Å². The van der Waals surface area contributed by atoms with E-state index in [1.807, 2.05) is 0 Å². The van der Waals surface area contributed by atoms with Gasteiger partial charge < -0.3 is 0 Å². The molecule has 0 radical (unpaired) electrons. The molecule has 0 N–H and O–H groups in total. The van der Waals surface area contributed by atoms with Crippen molar-refractivity contribution < 1.29 is 34.8 Å². The fourth-order valence-electron chi connectivity index (χ4n) is 3.89. The van der Waals surface area contributed by atoms with Crippen molar-refractivity contribution in [3.8, 4) is 11.3 Å². The van der Waals surface area contributed by atoms with Crippen molar-refractivity contribution in [2.45, 2.75) is 41.5 Å². The smallest absolute Gasteiger partial charge is 0.272 e. The van der Waals surface area contributed by atoms with Crippen molar-refractivity contribution in [3.63, 3.8) is 0 Å². The van der Waals surface area contributed by atoms with Crippen LogP contribution in [0.15, 0.2) is 82.7 Å². The highest BCUT2D eigenvalue weighted by atomic mass is 32.2. The Morgan fingerprint density at radius 1 is 0.902 bits per heavy atom. The maximum atomic E-state index is 14.1. The first-order valence-corrected chi connectivity index (χ1v) is 16.1. The fraction of sp³-hybridized carbons (Fsp3) is 0.222. The van der Waals surface area contributed by atoms with Gasteiger partial charge in [0.05, 0.1) is 21.0 Å². The molecule has 0 spiro atoms. The number of carbonyl (C=O) groups excluding carboxylic acids is 1. The second-order valence-corrected chi connectivity index (χ2v) is 15.3. The van der Waals surface area contributed by atoms with Crippen LogP contribution >= 0.6 is 11.3 Å².